The Morgan fingerprint density at radius 1 is 1.12 bits per heavy atom. The van der Waals surface area contributed by atoms with Crippen LogP contribution in [0, 0.1) is 5.41 Å². The third kappa shape index (κ3) is 6.34. The number of anilines is 1. The van der Waals surface area contributed by atoms with Crippen molar-refractivity contribution in [2.24, 2.45) is 0 Å². The van der Waals surface area contributed by atoms with E-state index >= 15 is 0 Å². The molecule has 2 heterocycles. The van der Waals surface area contributed by atoms with Gasteiger partial charge in [0.1, 0.15) is 17.3 Å². The van der Waals surface area contributed by atoms with Crippen LogP contribution in [0.25, 0.3) is 0 Å². The molecule has 1 atom stereocenters. The van der Waals surface area contributed by atoms with Gasteiger partial charge in [-0.3, -0.25) is 15.0 Å². The van der Waals surface area contributed by atoms with Gasteiger partial charge in [0.15, 0.2) is 5.78 Å². The molecule has 2 aliphatic rings. The summed E-state index contributed by atoms with van der Waals surface area (Å²) < 4.78 is 17.0. The van der Waals surface area contributed by atoms with Gasteiger partial charge in [-0.15, -0.1) is 17.0 Å². The number of ether oxygens (including phenoxy) is 3. The van der Waals surface area contributed by atoms with E-state index in [1.165, 1.54) is 0 Å². The van der Waals surface area contributed by atoms with E-state index in [2.05, 4.69) is 5.32 Å². The van der Waals surface area contributed by atoms with Crippen molar-refractivity contribution in [1.29, 1.82) is 5.41 Å². The van der Waals surface area contributed by atoms with Gasteiger partial charge in [0, 0.05) is 37.3 Å². The molecule has 0 spiro atoms. The number of carbonyl (C=O) groups is 3. The lowest BCUT2D eigenvalue weighted by atomic mass is 9.84. The van der Waals surface area contributed by atoms with Crippen LogP contribution in [0.3, 0.4) is 0 Å². The number of nitrogens with one attached hydrogen (secondary N) is 2. The average Bonchev–Trinajstić information content (AvgIpc) is 3.20. The van der Waals surface area contributed by atoms with Crippen LogP contribution in [0.4, 0.5) is 5.69 Å². The first-order valence-electron chi connectivity index (χ1n) is 13.5. The predicted molar refractivity (Wildman–Crippen MR) is 162 cm³/mol. The summed E-state index contributed by atoms with van der Waals surface area (Å²) in [6.07, 6.45) is -0.759. The standard InChI is InChI=1S/C30H38N4O6.BrH/c1-8-38-24-12-18-14-34(27(31)19(18)13-20(24)28(36)32-6)15-23(35)17-10-21(30(3,4)5)26-22(11-17)33(7)16-25(40-26)29(37)39-9-2;/h10-13,25,31H,8-9,14-16H2,1-7H3,(H,32,36);1H. The number of rotatable bonds is 8. The lowest BCUT2D eigenvalue weighted by Crippen LogP contribution is -2.44. The largest absolute Gasteiger partial charge is 0.493 e. The third-order valence-corrected chi connectivity index (χ3v) is 7.10. The van der Waals surface area contributed by atoms with E-state index in [0.717, 1.165) is 16.8 Å². The summed E-state index contributed by atoms with van der Waals surface area (Å²) in [5.41, 5.74) is 3.45. The van der Waals surface area contributed by atoms with Crippen LogP contribution in [0.5, 0.6) is 11.5 Å². The maximum Gasteiger partial charge on any atom is 0.349 e. The molecule has 4 rings (SSSR count). The Morgan fingerprint density at radius 3 is 2.44 bits per heavy atom. The number of fused-ring (bicyclic) bond motifs is 2. The maximum absolute atomic E-state index is 13.7. The van der Waals surface area contributed by atoms with E-state index in [9.17, 15) is 14.4 Å². The Morgan fingerprint density at radius 2 is 1.83 bits per heavy atom. The van der Waals surface area contributed by atoms with Gasteiger partial charge in [0.2, 0.25) is 6.10 Å². The minimum Gasteiger partial charge on any atom is -0.493 e. The first-order chi connectivity index (χ1) is 18.9. The molecular weight excluding hydrogens is 592 g/mol. The van der Waals surface area contributed by atoms with Crippen molar-refractivity contribution < 1.29 is 28.6 Å². The second-order valence-electron chi connectivity index (χ2n) is 11.0. The van der Waals surface area contributed by atoms with Crippen LogP contribution in [0.15, 0.2) is 24.3 Å². The fraction of sp³-hybridized carbons (Fsp3) is 0.467. The Labute approximate surface area is 251 Å². The molecule has 2 aliphatic heterocycles. The first kappa shape index (κ1) is 31.9. The predicted octanol–water partition coefficient (Wildman–Crippen LogP) is 4.10. The van der Waals surface area contributed by atoms with E-state index in [4.69, 9.17) is 19.6 Å². The molecule has 2 aromatic carbocycles. The number of amides is 1. The molecule has 0 saturated carbocycles. The van der Waals surface area contributed by atoms with Crippen LogP contribution >= 0.6 is 17.0 Å². The minimum absolute atomic E-state index is 0. The second-order valence-corrected chi connectivity index (χ2v) is 11.0. The number of carbonyl (C=O) groups excluding carboxylic acids is 3. The zero-order valence-electron chi connectivity index (χ0n) is 24.7. The third-order valence-electron chi connectivity index (χ3n) is 7.10. The zero-order chi connectivity index (χ0) is 29.4. The normalized spacial score (nSPS) is 15.8. The Bertz CT molecular complexity index is 1370. The van der Waals surface area contributed by atoms with Gasteiger partial charge in [-0.2, -0.15) is 0 Å². The molecule has 10 nitrogen and oxygen atoms in total. The Hall–Kier alpha value is -3.60. The topological polar surface area (TPSA) is 121 Å². The molecular formula is C30H39BrN4O6. The average molecular weight is 632 g/mol. The molecule has 11 heteroatoms. The van der Waals surface area contributed by atoms with E-state index in [1.54, 1.807) is 37.1 Å². The van der Waals surface area contributed by atoms with Gasteiger partial charge in [0.05, 0.1) is 37.6 Å². The molecule has 1 amide bonds. The Kier molecular flexibility index (Phi) is 9.73. The van der Waals surface area contributed by atoms with Crippen LogP contribution in [-0.2, 0) is 21.5 Å². The lowest BCUT2D eigenvalue weighted by molar-refractivity contribution is -0.151. The number of hydrogen-bond donors (Lipinski definition) is 2. The zero-order valence-corrected chi connectivity index (χ0v) is 26.4. The highest BCUT2D eigenvalue weighted by Crippen LogP contribution is 2.43. The number of nitrogens with zero attached hydrogens (tertiary/aromatic N) is 2. The number of halogens is 1. The van der Waals surface area contributed by atoms with Gasteiger partial charge < -0.3 is 29.3 Å². The van der Waals surface area contributed by atoms with E-state index in [0.29, 0.717) is 47.9 Å². The Balaban J connectivity index is 0.00000462. The molecule has 2 N–H and O–H groups in total. The van der Waals surface area contributed by atoms with Crippen molar-refractivity contribution in [3.05, 3.63) is 52.1 Å². The fourth-order valence-corrected chi connectivity index (χ4v) is 5.04. The van der Waals surface area contributed by atoms with Crippen molar-refractivity contribution in [1.82, 2.24) is 10.2 Å². The van der Waals surface area contributed by atoms with Gasteiger partial charge in [-0.05, 0) is 49.1 Å². The molecule has 0 radical (unpaired) electrons. The molecule has 0 saturated heterocycles. The highest BCUT2D eigenvalue weighted by molar-refractivity contribution is 8.93. The molecule has 2 aromatic rings. The summed E-state index contributed by atoms with van der Waals surface area (Å²) in [6.45, 7) is 11.0. The van der Waals surface area contributed by atoms with Crippen LogP contribution in [0.2, 0.25) is 0 Å². The van der Waals surface area contributed by atoms with Crippen molar-refractivity contribution in [2.75, 3.05) is 45.3 Å². The smallest absolute Gasteiger partial charge is 0.349 e. The summed E-state index contributed by atoms with van der Waals surface area (Å²) in [4.78, 5) is 42.2. The van der Waals surface area contributed by atoms with Crippen molar-refractivity contribution >= 4 is 46.2 Å². The van der Waals surface area contributed by atoms with E-state index in [-0.39, 0.29) is 53.1 Å². The molecule has 0 aromatic heterocycles. The summed E-state index contributed by atoms with van der Waals surface area (Å²) in [5, 5.41) is 11.4. The fourth-order valence-electron chi connectivity index (χ4n) is 5.04. The molecule has 0 bridgehead atoms. The highest BCUT2D eigenvalue weighted by Gasteiger charge is 2.36. The first-order valence-corrected chi connectivity index (χ1v) is 13.5. The molecule has 41 heavy (non-hydrogen) atoms. The number of Topliss-reactive ketones (excluding diaryl/α,β-unsaturated/α-hetero) is 1. The van der Waals surface area contributed by atoms with Crippen LogP contribution < -0.4 is 19.7 Å². The number of esters is 1. The van der Waals surface area contributed by atoms with Gasteiger partial charge in [-0.25, -0.2) is 4.79 Å². The molecule has 0 fully saturated rings. The van der Waals surface area contributed by atoms with Gasteiger partial charge in [-0.1, -0.05) is 20.8 Å². The van der Waals surface area contributed by atoms with Crippen molar-refractivity contribution in [3.63, 3.8) is 0 Å². The monoisotopic (exact) mass is 630 g/mol. The summed E-state index contributed by atoms with van der Waals surface area (Å²) >= 11 is 0. The van der Waals surface area contributed by atoms with Crippen LogP contribution in [-0.4, -0.2) is 74.9 Å². The second kappa shape index (κ2) is 12.5. The number of ketones is 1. The molecule has 222 valence electrons. The van der Waals surface area contributed by atoms with Crippen molar-refractivity contribution in [2.45, 2.75) is 52.7 Å². The van der Waals surface area contributed by atoms with Crippen molar-refractivity contribution in [3.8, 4) is 11.5 Å². The maximum atomic E-state index is 13.7. The van der Waals surface area contributed by atoms with E-state index in [1.807, 2.05) is 45.7 Å². The highest BCUT2D eigenvalue weighted by atomic mass is 79.9. The SMILES string of the molecule is Br.CCOC(=O)C1CN(C)c2cc(C(=O)CN3Cc4cc(OCC)c(C(=O)NC)cc4C3=N)cc(C(C)(C)C)c2O1. The van der Waals surface area contributed by atoms with Gasteiger partial charge in [0.25, 0.3) is 5.91 Å². The summed E-state index contributed by atoms with van der Waals surface area (Å²) in [7, 11) is 3.41. The quantitative estimate of drug-likeness (QED) is 0.330. The summed E-state index contributed by atoms with van der Waals surface area (Å²) in [5.74, 6) is 0.345. The number of hydrogen-bond acceptors (Lipinski definition) is 8. The lowest BCUT2D eigenvalue weighted by Gasteiger charge is -2.36. The van der Waals surface area contributed by atoms with Crippen LogP contribution in [0.1, 0.15) is 72.0 Å². The van der Waals surface area contributed by atoms with E-state index < -0.39 is 12.1 Å². The van der Waals surface area contributed by atoms with Gasteiger partial charge >= 0.3 is 5.97 Å². The summed E-state index contributed by atoms with van der Waals surface area (Å²) in [6, 6.07) is 7.06. The molecule has 1 unspecified atom stereocenters. The minimum atomic E-state index is -0.759. The molecule has 0 aliphatic carbocycles. The number of amidine groups is 1. The number of likely N-dealkylation sites (N-methyl/N-ethyl adjacent to an activating group) is 1. The number of benzene rings is 2.